The number of urea groups is 1. The summed E-state index contributed by atoms with van der Waals surface area (Å²) in [5.41, 5.74) is -0.726. The van der Waals surface area contributed by atoms with Gasteiger partial charge in [-0.25, -0.2) is 4.79 Å². The fourth-order valence-corrected chi connectivity index (χ4v) is 2.40. The molecule has 0 spiro atoms. The number of carbonyl (C=O) groups excluding carboxylic acids is 1. The Morgan fingerprint density at radius 1 is 1.38 bits per heavy atom. The zero-order valence-corrected chi connectivity index (χ0v) is 12.7. The third kappa shape index (κ3) is 4.70. The predicted molar refractivity (Wildman–Crippen MR) is 76.9 cm³/mol. The molecule has 21 heavy (non-hydrogen) atoms. The number of nitrogens with zero attached hydrogens (tertiary/aromatic N) is 2. The van der Waals surface area contributed by atoms with Gasteiger partial charge in [0.1, 0.15) is 0 Å². The van der Waals surface area contributed by atoms with Gasteiger partial charge in [-0.3, -0.25) is 0 Å². The van der Waals surface area contributed by atoms with Gasteiger partial charge in [0.2, 0.25) is 5.89 Å². The Bertz CT molecular complexity index is 467. The average Bonchev–Trinajstić information content (AvgIpc) is 3.06. The van der Waals surface area contributed by atoms with Crippen LogP contribution in [0.25, 0.3) is 0 Å². The van der Waals surface area contributed by atoms with Crippen LogP contribution in [0.3, 0.4) is 0 Å². The summed E-state index contributed by atoms with van der Waals surface area (Å²) in [6, 6.07) is -0.279. The second-order valence-electron chi connectivity index (χ2n) is 5.99. The van der Waals surface area contributed by atoms with Gasteiger partial charge in [0.25, 0.3) is 0 Å². The molecule has 7 heteroatoms. The van der Waals surface area contributed by atoms with Crippen LogP contribution in [0.2, 0.25) is 0 Å². The number of hydrogen-bond donors (Lipinski definition) is 3. The van der Waals surface area contributed by atoms with E-state index < -0.39 is 5.60 Å². The lowest BCUT2D eigenvalue weighted by Gasteiger charge is -2.22. The fraction of sp³-hybridized carbons (Fsp3) is 0.786. The summed E-state index contributed by atoms with van der Waals surface area (Å²) in [6.45, 7) is 4.71. The summed E-state index contributed by atoms with van der Waals surface area (Å²) < 4.78 is 5.09. The molecule has 1 heterocycles. The smallest absolute Gasteiger partial charge is 0.314 e. The molecule has 0 bridgehead atoms. The average molecular weight is 296 g/mol. The van der Waals surface area contributed by atoms with Crippen molar-refractivity contribution >= 4 is 6.03 Å². The van der Waals surface area contributed by atoms with E-state index in [1.54, 1.807) is 0 Å². The maximum absolute atomic E-state index is 11.6. The Morgan fingerprint density at radius 2 is 2.10 bits per heavy atom. The minimum Gasteiger partial charge on any atom is -0.388 e. The van der Waals surface area contributed by atoms with Crippen LogP contribution in [0, 0.1) is 0 Å². The molecule has 118 valence electrons. The van der Waals surface area contributed by atoms with E-state index in [0.29, 0.717) is 31.2 Å². The molecule has 1 fully saturated rings. The lowest BCUT2D eigenvalue weighted by molar-refractivity contribution is 0.0501. The lowest BCUT2D eigenvalue weighted by Crippen LogP contribution is -2.45. The van der Waals surface area contributed by atoms with E-state index in [9.17, 15) is 9.90 Å². The van der Waals surface area contributed by atoms with Crippen molar-refractivity contribution in [3.63, 3.8) is 0 Å². The Morgan fingerprint density at radius 3 is 2.71 bits per heavy atom. The quantitative estimate of drug-likeness (QED) is 0.735. The third-order valence-electron chi connectivity index (χ3n) is 3.74. The van der Waals surface area contributed by atoms with E-state index in [2.05, 4.69) is 20.8 Å². The molecular weight excluding hydrogens is 272 g/mol. The molecule has 0 aliphatic heterocycles. The van der Waals surface area contributed by atoms with Crippen LogP contribution in [0.15, 0.2) is 4.52 Å². The maximum atomic E-state index is 11.6. The molecule has 0 atom stereocenters. The monoisotopic (exact) mass is 296 g/mol. The van der Waals surface area contributed by atoms with Crippen LogP contribution in [-0.2, 0) is 6.42 Å². The van der Waals surface area contributed by atoms with Gasteiger partial charge < -0.3 is 20.3 Å². The van der Waals surface area contributed by atoms with Gasteiger partial charge in [-0.05, 0) is 12.8 Å². The van der Waals surface area contributed by atoms with Crippen molar-refractivity contribution in [2.75, 3.05) is 13.1 Å². The highest BCUT2D eigenvalue weighted by Crippen LogP contribution is 2.28. The van der Waals surface area contributed by atoms with Crippen molar-refractivity contribution in [3.8, 4) is 0 Å². The number of amides is 2. The Hall–Kier alpha value is -1.63. The number of hydrogen-bond acceptors (Lipinski definition) is 5. The van der Waals surface area contributed by atoms with E-state index in [1.165, 1.54) is 0 Å². The minimum atomic E-state index is -0.726. The van der Waals surface area contributed by atoms with Crippen molar-refractivity contribution in [2.24, 2.45) is 0 Å². The van der Waals surface area contributed by atoms with Gasteiger partial charge in [0.15, 0.2) is 5.82 Å². The molecule has 7 nitrogen and oxygen atoms in total. The molecule has 0 radical (unpaired) electrons. The highest BCUT2D eigenvalue weighted by atomic mass is 16.5. The van der Waals surface area contributed by atoms with Gasteiger partial charge in [0, 0.05) is 25.4 Å². The summed E-state index contributed by atoms with van der Waals surface area (Å²) in [6.07, 6.45) is 4.06. The fourth-order valence-electron chi connectivity index (χ4n) is 2.40. The predicted octanol–water partition coefficient (Wildman–Crippen LogP) is 1.34. The number of carbonyl (C=O) groups is 1. The standard InChI is InChI=1S/C14H24N4O3/c1-10(2)12-17-11(21-18-12)5-8-15-13(19)16-9-14(20)6-3-4-7-14/h10,20H,3-9H2,1-2H3,(H2,15,16,19). The van der Waals surface area contributed by atoms with Gasteiger partial charge in [-0.1, -0.05) is 31.8 Å². The topological polar surface area (TPSA) is 100 Å². The molecule has 2 rings (SSSR count). The zero-order valence-electron chi connectivity index (χ0n) is 12.7. The van der Waals surface area contributed by atoms with Gasteiger partial charge in [-0.15, -0.1) is 0 Å². The largest absolute Gasteiger partial charge is 0.388 e. The number of nitrogens with one attached hydrogen (secondary N) is 2. The van der Waals surface area contributed by atoms with Crippen LogP contribution in [0.5, 0.6) is 0 Å². The molecule has 2 amide bonds. The van der Waals surface area contributed by atoms with Crippen molar-refractivity contribution in [1.29, 1.82) is 0 Å². The molecule has 1 aliphatic carbocycles. The number of aromatic nitrogens is 2. The van der Waals surface area contributed by atoms with Crippen LogP contribution >= 0.6 is 0 Å². The number of rotatable bonds is 6. The first-order chi connectivity index (χ1) is 9.98. The first kappa shape index (κ1) is 15.8. The lowest BCUT2D eigenvalue weighted by atomic mass is 10.0. The van der Waals surface area contributed by atoms with E-state index in [4.69, 9.17) is 4.52 Å². The molecule has 0 unspecified atom stereocenters. The SMILES string of the molecule is CC(C)c1noc(CCNC(=O)NCC2(O)CCCC2)n1. The third-order valence-corrected chi connectivity index (χ3v) is 3.74. The highest BCUT2D eigenvalue weighted by Gasteiger charge is 2.31. The van der Waals surface area contributed by atoms with E-state index in [0.717, 1.165) is 25.7 Å². The summed E-state index contributed by atoms with van der Waals surface area (Å²) >= 11 is 0. The molecule has 1 saturated carbocycles. The first-order valence-corrected chi connectivity index (χ1v) is 7.55. The molecule has 1 aromatic rings. The number of aliphatic hydroxyl groups is 1. The Kier molecular flexibility index (Phi) is 5.17. The van der Waals surface area contributed by atoms with Gasteiger partial charge >= 0.3 is 6.03 Å². The van der Waals surface area contributed by atoms with E-state index in [1.807, 2.05) is 13.8 Å². The molecule has 0 saturated heterocycles. The van der Waals surface area contributed by atoms with Crippen molar-refractivity contribution in [2.45, 2.75) is 57.5 Å². The Labute approximate surface area is 124 Å². The van der Waals surface area contributed by atoms with Gasteiger partial charge in [0.05, 0.1) is 5.60 Å². The van der Waals surface area contributed by atoms with Crippen LogP contribution in [0.4, 0.5) is 4.79 Å². The Balaban J connectivity index is 1.64. The molecule has 0 aromatic carbocycles. The summed E-state index contributed by atoms with van der Waals surface area (Å²) in [7, 11) is 0. The summed E-state index contributed by atoms with van der Waals surface area (Å²) in [5.74, 6) is 1.43. The van der Waals surface area contributed by atoms with Crippen LogP contribution in [-0.4, -0.2) is 40.0 Å². The normalized spacial score (nSPS) is 17.1. The van der Waals surface area contributed by atoms with Crippen LogP contribution < -0.4 is 10.6 Å². The molecular formula is C14H24N4O3. The van der Waals surface area contributed by atoms with E-state index >= 15 is 0 Å². The zero-order chi connectivity index (χ0) is 15.3. The first-order valence-electron chi connectivity index (χ1n) is 7.55. The second-order valence-corrected chi connectivity index (χ2v) is 5.99. The summed E-state index contributed by atoms with van der Waals surface area (Å²) in [5, 5.41) is 19.4. The maximum Gasteiger partial charge on any atom is 0.314 e. The molecule has 1 aliphatic rings. The van der Waals surface area contributed by atoms with Crippen LogP contribution in [0.1, 0.15) is 57.2 Å². The van der Waals surface area contributed by atoms with Crippen molar-refractivity contribution in [1.82, 2.24) is 20.8 Å². The van der Waals surface area contributed by atoms with Crippen molar-refractivity contribution < 1.29 is 14.4 Å². The molecule has 3 N–H and O–H groups in total. The highest BCUT2D eigenvalue weighted by molar-refractivity contribution is 5.73. The summed E-state index contributed by atoms with van der Waals surface area (Å²) in [4.78, 5) is 15.9. The minimum absolute atomic E-state index is 0.228. The molecule has 1 aromatic heterocycles. The van der Waals surface area contributed by atoms with Crippen molar-refractivity contribution in [3.05, 3.63) is 11.7 Å². The van der Waals surface area contributed by atoms with E-state index in [-0.39, 0.29) is 11.9 Å². The second kappa shape index (κ2) is 6.89. The van der Waals surface area contributed by atoms with Gasteiger partial charge in [-0.2, -0.15) is 4.98 Å².